The van der Waals surface area contributed by atoms with Crippen LogP contribution in [0, 0.1) is 5.92 Å². The number of aromatic nitrogens is 2. The van der Waals surface area contributed by atoms with Gasteiger partial charge in [0.2, 0.25) is 5.95 Å². The molecule has 1 aliphatic rings. The zero-order valence-electron chi connectivity index (χ0n) is 11.6. The van der Waals surface area contributed by atoms with E-state index in [0.29, 0.717) is 11.9 Å². The molecule has 2 atom stereocenters. The highest BCUT2D eigenvalue weighted by Gasteiger charge is 2.20. The highest BCUT2D eigenvalue weighted by Crippen LogP contribution is 2.28. The molecular formula is C14H20N4OS. The summed E-state index contributed by atoms with van der Waals surface area (Å²) >= 11 is 1.62. The maximum absolute atomic E-state index is 9.74. The molecule has 2 heterocycles. The fraction of sp³-hybridized carbons (Fsp3) is 0.571. The smallest absolute Gasteiger partial charge is 0.225 e. The van der Waals surface area contributed by atoms with E-state index in [9.17, 15) is 5.11 Å². The molecule has 0 bridgehead atoms. The molecular weight excluding hydrogens is 272 g/mol. The van der Waals surface area contributed by atoms with E-state index >= 15 is 0 Å². The number of thiophene rings is 1. The largest absolute Gasteiger partial charge is 0.393 e. The van der Waals surface area contributed by atoms with Gasteiger partial charge in [0.05, 0.1) is 11.5 Å². The van der Waals surface area contributed by atoms with Crippen molar-refractivity contribution in [3.05, 3.63) is 11.4 Å². The van der Waals surface area contributed by atoms with Gasteiger partial charge in [0.25, 0.3) is 0 Å². The predicted molar refractivity (Wildman–Crippen MR) is 83.4 cm³/mol. The minimum atomic E-state index is -0.130. The van der Waals surface area contributed by atoms with E-state index in [4.69, 9.17) is 0 Å². The lowest BCUT2D eigenvalue weighted by Crippen LogP contribution is -2.25. The van der Waals surface area contributed by atoms with Gasteiger partial charge in [-0.15, -0.1) is 11.3 Å². The third kappa shape index (κ3) is 2.86. The lowest BCUT2D eigenvalue weighted by molar-refractivity contribution is 0.104. The molecule has 1 saturated carbocycles. The molecule has 5 nitrogen and oxygen atoms in total. The number of nitrogens with zero attached hydrogens (tertiary/aromatic N) is 2. The van der Waals surface area contributed by atoms with Gasteiger partial charge in [-0.1, -0.05) is 6.42 Å². The number of hydrogen-bond donors (Lipinski definition) is 3. The summed E-state index contributed by atoms with van der Waals surface area (Å²) in [5, 5.41) is 19.3. The predicted octanol–water partition coefficient (Wildman–Crippen LogP) is 2.70. The average Bonchev–Trinajstić information content (AvgIpc) is 2.93. The maximum Gasteiger partial charge on any atom is 0.225 e. The molecule has 20 heavy (non-hydrogen) atoms. The number of hydrogen-bond acceptors (Lipinski definition) is 6. The van der Waals surface area contributed by atoms with Crippen LogP contribution in [-0.2, 0) is 0 Å². The molecule has 0 aromatic carbocycles. The van der Waals surface area contributed by atoms with Crippen molar-refractivity contribution in [1.29, 1.82) is 0 Å². The van der Waals surface area contributed by atoms with E-state index < -0.39 is 0 Å². The molecule has 2 unspecified atom stereocenters. The van der Waals surface area contributed by atoms with Crippen LogP contribution in [0.2, 0.25) is 0 Å². The molecule has 0 spiro atoms. The van der Waals surface area contributed by atoms with E-state index in [1.807, 2.05) is 12.4 Å². The van der Waals surface area contributed by atoms with E-state index in [1.54, 1.807) is 11.3 Å². The first-order valence-electron chi connectivity index (χ1n) is 7.11. The SMILES string of the molecule is CNc1nc(NCC2CCCC(O)C2)c2ccsc2n1. The first-order valence-corrected chi connectivity index (χ1v) is 7.99. The van der Waals surface area contributed by atoms with Gasteiger partial charge in [0, 0.05) is 13.6 Å². The zero-order valence-corrected chi connectivity index (χ0v) is 12.4. The topological polar surface area (TPSA) is 70.1 Å². The molecule has 6 heteroatoms. The average molecular weight is 292 g/mol. The molecule has 1 fully saturated rings. The second-order valence-corrected chi connectivity index (χ2v) is 6.25. The van der Waals surface area contributed by atoms with Crippen LogP contribution in [0.1, 0.15) is 25.7 Å². The van der Waals surface area contributed by atoms with Crippen LogP contribution >= 0.6 is 11.3 Å². The molecule has 0 aliphatic heterocycles. The summed E-state index contributed by atoms with van der Waals surface area (Å²) in [6, 6.07) is 2.05. The number of aliphatic hydroxyl groups excluding tert-OH is 1. The lowest BCUT2D eigenvalue weighted by Gasteiger charge is -2.26. The summed E-state index contributed by atoms with van der Waals surface area (Å²) in [4.78, 5) is 9.94. The Bertz CT molecular complexity index is 586. The van der Waals surface area contributed by atoms with Crippen LogP contribution in [-0.4, -0.2) is 34.8 Å². The molecule has 0 saturated heterocycles. The van der Waals surface area contributed by atoms with Crippen molar-refractivity contribution in [2.24, 2.45) is 5.92 Å². The fourth-order valence-corrected chi connectivity index (χ4v) is 3.55. The number of nitrogens with one attached hydrogen (secondary N) is 2. The second kappa shape index (κ2) is 5.93. The van der Waals surface area contributed by atoms with Crippen molar-refractivity contribution >= 4 is 33.3 Å². The maximum atomic E-state index is 9.74. The Morgan fingerprint density at radius 1 is 1.40 bits per heavy atom. The minimum absolute atomic E-state index is 0.130. The van der Waals surface area contributed by atoms with Gasteiger partial charge in [-0.25, -0.2) is 4.98 Å². The molecule has 1 aliphatic carbocycles. The van der Waals surface area contributed by atoms with Gasteiger partial charge in [-0.2, -0.15) is 4.98 Å². The van der Waals surface area contributed by atoms with Gasteiger partial charge in [-0.3, -0.25) is 0 Å². The van der Waals surface area contributed by atoms with Crippen molar-refractivity contribution in [2.45, 2.75) is 31.8 Å². The van der Waals surface area contributed by atoms with Crippen LogP contribution in [0.15, 0.2) is 11.4 Å². The zero-order chi connectivity index (χ0) is 13.9. The Labute approximate surface area is 122 Å². The van der Waals surface area contributed by atoms with Gasteiger partial charge in [0.1, 0.15) is 10.6 Å². The second-order valence-electron chi connectivity index (χ2n) is 5.35. The highest BCUT2D eigenvalue weighted by molar-refractivity contribution is 7.16. The number of anilines is 2. The Morgan fingerprint density at radius 3 is 3.10 bits per heavy atom. The summed E-state index contributed by atoms with van der Waals surface area (Å²) in [6.07, 6.45) is 4.01. The molecule has 108 valence electrons. The first-order chi connectivity index (χ1) is 9.76. The van der Waals surface area contributed by atoms with Gasteiger partial charge >= 0.3 is 0 Å². The van der Waals surface area contributed by atoms with Crippen molar-refractivity contribution in [2.75, 3.05) is 24.2 Å². The van der Waals surface area contributed by atoms with Crippen LogP contribution in [0.3, 0.4) is 0 Å². The number of aliphatic hydroxyl groups is 1. The van der Waals surface area contributed by atoms with Crippen LogP contribution in [0.4, 0.5) is 11.8 Å². The lowest BCUT2D eigenvalue weighted by atomic mass is 9.87. The Balaban J connectivity index is 1.74. The Morgan fingerprint density at radius 2 is 2.30 bits per heavy atom. The first kappa shape index (κ1) is 13.6. The minimum Gasteiger partial charge on any atom is -0.393 e. The van der Waals surface area contributed by atoms with E-state index in [0.717, 1.165) is 41.8 Å². The van der Waals surface area contributed by atoms with Crippen molar-refractivity contribution in [1.82, 2.24) is 9.97 Å². The summed E-state index contributed by atoms with van der Waals surface area (Å²) in [7, 11) is 1.83. The van der Waals surface area contributed by atoms with Crippen molar-refractivity contribution in [3.8, 4) is 0 Å². The van der Waals surface area contributed by atoms with Gasteiger partial charge in [-0.05, 0) is 36.6 Å². The Hall–Kier alpha value is -1.40. The molecule has 0 radical (unpaired) electrons. The monoisotopic (exact) mass is 292 g/mol. The van der Waals surface area contributed by atoms with Crippen LogP contribution in [0.5, 0.6) is 0 Å². The Kier molecular flexibility index (Phi) is 4.03. The number of fused-ring (bicyclic) bond motifs is 1. The fourth-order valence-electron chi connectivity index (χ4n) is 2.79. The summed E-state index contributed by atoms with van der Waals surface area (Å²) in [5.74, 6) is 2.06. The molecule has 2 aromatic rings. The third-order valence-corrected chi connectivity index (χ3v) is 4.67. The summed E-state index contributed by atoms with van der Waals surface area (Å²) < 4.78 is 0. The highest BCUT2D eigenvalue weighted by atomic mass is 32.1. The normalized spacial score (nSPS) is 22.9. The third-order valence-electron chi connectivity index (χ3n) is 3.86. The van der Waals surface area contributed by atoms with Crippen molar-refractivity contribution in [3.63, 3.8) is 0 Å². The standard InChI is InChI=1S/C14H20N4OS/c1-15-14-17-12(11-5-6-20-13(11)18-14)16-8-9-3-2-4-10(19)7-9/h5-6,9-10,19H,2-4,7-8H2,1H3,(H2,15,16,17,18). The van der Waals surface area contributed by atoms with E-state index in [1.165, 1.54) is 6.42 Å². The summed E-state index contributed by atoms with van der Waals surface area (Å²) in [5.41, 5.74) is 0. The quantitative estimate of drug-likeness (QED) is 0.808. The number of rotatable bonds is 4. The summed E-state index contributed by atoms with van der Waals surface area (Å²) in [6.45, 7) is 0.863. The van der Waals surface area contributed by atoms with Crippen LogP contribution < -0.4 is 10.6 Å². The molecule has 2 aromatic heterocycles. The van der Waals surface area contributed by atoms with Gasteiger partial charge in [0.15, 0.2) is 0 Å². The van der Waals surface area contributed by atoms with Crippen molar-refractivity contribution < 1.29 is 5.11 Å². The molecule has 3 rings (SSSR count). The van der Waals surface area contributed by atoms with E-state index in [2.05, 4.69) is 26.7 Å². The molecule has 0 amide bonds. The van der Waals surface area contributed by atoms with E-state index in [-0.39, 0.29) is 6.10 Å². The molecule has 3 N–H and O–H groups in total. The van der Waals surface area contributed by atoms with Crippen LogP contribution in [0.25, 0.3) is 10.2 Å². The van der Waals surface area contributed by atoms with Gasteiger partial charge < -0.3 is 15.7 Å².